The van der Waals surface area contributed by atoms with Crippen molar-refractivity contribution in [1.29, 1.82) is 0 Å². The number of rotatable bonds is 0. The molecule has 0 spiro atoms. The van der Waals surface area contributed by atoms with Gasteiger partial charge in [0.15, 0.2) is 6.29 Å². The molecule has 0 amide bonds. The summed E-state index contributed by atoms with van der Waals surface area (Å²) < 4.78 is 10.8. The van der Waals surface area contributed by atoms with Crippen LogP contribution in [0.25, 0.3) is 0 Å². The number of hydrogen-bond donors (Lipinski definition) is 0. The quantitative estimate of drug-likeness (QED) is 0.505. The zero-order chi connectivity index (χ0) is 6.97. The zero-order valence-electron chi connectivity index (χ0n) is 6.08. The van der Waals surface area contributed by atoms with Crippen molar-refractivity contribution < 1.29 is 9.47 Å². The predicted molar refractivity (Wildman–Crippen MR) is 37.3 cm³/mol. The molecule has 2 saturated heterocycles. The van der Waals surface area contributed by atoms with Gasteiger partial charge in [0.25, 0.3) is 0 Å². The predicted octanol–water partition coefficient (Wildman–Crippen LogP) is 1.22. The van der Waals surface area contributed by atoms with Crippen molar-refractivity contribution >= 4 is 0 Å². The zero-order valence-corrected chi connectivity index (χ0v) is 6.08. The average molecular weight is 141 g/mol. The first-order chi connectivity index (χ1) is 4.88. The van der Waals surface area contributed by atoms with Crippen LogP contribution in [-0.4, -0.2) is 19.5 Å². The van der Waals surface area contributed by atoms with E-state index < -0.39 is 0 Å². The van der Waals surface area contributed by atoms with Gasteiger partial charge in [0, 0.05) is 12.5 Å². The molecule has 0 aromatic carbocycles. The molecular weight excluding hydrogens is 128 g/mol. The Balaban J connectivity index is 2.01. The maximum Gasteiger partial charge on any atom is 0.160 e. The van der Waals surface area contributed by atoms with Gasteiger partial charge < -0.3 is 9.47 Å². The fraction of sp³-hybridized carbons (Fsp3) is 0.875. The highest BCUT2D eigenvalue weighted by atomic mass is 16.7. The summed E-state index contributed by atoms with van der Waals surface area (Å²) in [5, 5.41) is 0. The molecule has 57 valence electrons. The van der Waals surface area contributed by atoms with Gasteiger partial charge in [0.1, 0.15) is 0 Å². The Morgan fingerprint density at radius 1 is 1.30 bits per heavy atom. The van der Waals surface area contributed by atoms with E-state index in [0.717, 1.165) is 13.2 Å². The van der Waals surface area contributed by atoms with Crippen LogP contribution in [0.2, 0.25) is 0 Å². The summed E-state index contributed by atoms with van der Waals surface area (Å²) in [6.45, 7) is 5.67. The van der Waals surface area contributed by atoms with Crippen LogP contribution < -0.4 is 0 Å². The summed E-state index contributed by atoms with van der Waals surface area (Å²) in [5.74, 6) is 1.04. The first-order valence-electron chi connectivity index (χ1n) is 3.94. The van der Waals surface area contributed by atoms with E-state index in [1.807, 2.05) is 0 Å². The molecule has 2 heteroatoms. The Kier molecular flexibility index (Phi) is 1.66. The first-order valence-corrected chi connectivity index (χ1v) is 3.94. The minimum Gasteiger partial charge on any atom is -0.352 e. The molecule has 2 aliphatic heterocycles. The Morgan fingerprint density at radius 3 is 3.00 bits per heavy atom. The van der Waals surface area contributed by atoms with Crippen LogP contribution in [0.15, 0.2) is 0 Å². The summed E-state index contributed by atoms with van der Waals surface area (Å²) in [4.78, 5) is 0. The second-order valence-electron chi connectivity index (χ2n) is 3.14. The standard InChI is InChI=1S/C8H13O2/c1-6-5-10-8-7(6)3-2-4-9-8/h6-8H,1-5H2/t6-,7-,8+/m0/s1. The Labute approximate surface area is 61.5 Å². The van der Waals surface area contributed by atoms with E-state index in [4.69, 9.17) is 9.47 Å². The third-order valence-corrected chi connectivity index (χ3v) is 2.39. The lowest BCUT2D eigenvalue weighted by Gasteiger charge is -2.25. The lowest BCUT2D eigenvalue weighted by Crippen LogP contribution is -2.27. The van der Waals surface area contributed by atoms with Crippen molar-refractivity contribution in [3.05, 3.63) is 6.92 Å². The van der Waals surface area contributed by atoms with Gasteiger partial charge in [0.05, 0.1) is 6.61 Å². The lowest BCUT2D eigenvalue weighted by atomic mass is 9.91. The van der Waals surface area contributed by atoms with E-state index in [9.17, 15) is 0 Å². The molecule has 3 atom stereocenters. The highest BCUT2D eigenvalue weighted by Crippen LogP contribution is 2.33. The van der Waals surface area contributed by atoms with Gasteiger partial charge in [-0.15, -0.1) is 0 Å². The van der Waals surface area contributed by atoms with Gasteiger partial charge in [-0.2, -0.15) is 0 Å². The number of ether oxygens (including phenoxy) is 2. The van der Waals surface area contributed by atoms with Crippen molar-refractivity contribution in [2.75, 3.05) is 13.2 Å². The molecule has 0 unspecified atom stereocenters. The van der Waals surface area contributed by atoms with Crippen LogP contribution in [0.4, 0.5) is 0 Å². The maximum absolute atomic E-state index is 5.41. The Hall–Kier alpha value is -0.0800. The highest BCUT2D eigenvalue weighted by molar-refractivity contribution is 4.82. The summed E-state index contributed by atoms with van der Waals surface area (Å²) in [6.07, 6.45) is 2.49. The van der Waals surface area contributed by atoms with Crippen LogP contribution >= 0.6 is 0 Å². The molecule has 2 fully saturated rings. The summed E-state index contributed by atoms with van der Waals surface area (Å²) in [7, 11) is 0. The van der Waals surface area contributed by atoms with Gasteiger partial charge in [-0.25, -0.2) is 0 Å². The van der Waals surface area contributed by atoms with E-state index >= 15 is 0 Å². The molecule has 1 radical (unpaired) electrons. The fourth-order valence-electron chi connectivity index (χ4n) is 1.75. The van der Waals surface area contributed by atoms with Crippen molar-refractivity contribution in [1.82, 2.24) is 0 Å². The van der Waals surface area contributed by atoms with Gasteiger partial charge in [-0.3, -0.25) is 0 Å². The molecule has 10 heavy (non-hydrogen) atoms. The third-order valence-electron chi connectivity index (χ3n) is 2.39. The molecule has 2 aliphatic rings. The second kappa shape index (κ2) is 2.51. The van der Waals surface area contributed by atoms with E-state index in [2.05, 4.69) is 6.92 Å². The van der Waals surface area contributed by atoms with Gasteiger partial charge in [0.2, 0.25) is 0 Å². The third kappa shape index (κ3) is 0.956. The molecule has 0 aliphatic carbocycles. The van der Waals surface area contributed by atoms with Crippen LogP contribution in [0, 0.1) is 18.8 Å². The van der Waals surface area contributed by atoms with Gasteiger partial charge >= 0.3 is 0 Å². The Bertz CT molecular complexity index is 122. The van der Waals surface area contributed by atoms with E-state index in [-0.39, 0.29) is 6.29 Å². The molecular formula is C8H13O2. The molecule has 0 aromatic heterocycles. The minimum atomic E-state index is 0.0799. The van der Waals surface area contributed by atoms with E-state index in [0.29, 0.717) is 11.8 Å². The van der Waals surface area contributed by atoms with E-state index in [1.54, 1.807) is 0 Å². The second-order valence-corrected chi connectivity index (χ2v) is 3.14. The van der Waals surface area contributed by atoms with Crippen LogP contribution in [-0.2, 0) is 9.47 Å². The number of fused-ring (bicyclic) bond motifs is 1. The summed E-state index contributed by atoms with van der Waals surface area (Å²) >= 11 is 0. The first kappa shape index (κ1) is 6.62. The largest absolute Gasteiger partial charge is 0.352 e. The molecule has 0 bridgehead atoms. The monoisotopic (exact) mass is 141 g/mol. The van der Waals surface area contributed by atoms with Crippen LogP contribution in [0.3, 0.4) is 0 Å². The fourth-order valence-corrected chi connectivity index (χ4v) is 1.75. The van der Waals surface area contributed by atoms with E-state index in [1.165, 1.54) is 12.8 Å². The smallest absolute Gasteiger partial charge is 0.160 e. The van der Waals surface area contributed by atoms with Crippen molar-refractivity contribution in [3.8, 4) is 0 Å². The molecule has 0 saturated carbocycles. The molecule has 0 N–H and O–H groups in total. The molecule has 0 aromatic rings. The molecule has 2 rings (SSSR count). The average Bonchev–Trinajstić information content (AvgIpc) is 2.34. The maximum atomic E-state index is 5.41. The normalized spacial score (nSPS) is 47.1. The van der Waals surface area contributed by atoms with Gasteiger partial charge in [-0.05, 0) is 25.7 Å². The summed E-state index contributed by atoms with van der Waals surface area (Å²) in [6, 6.07) is 0. The topological polar surface area (TPSA) is 18.5 Å². The number of hydrogen-bond acceptors (Lipinski definition) is 2. The van der Waals surface area contributed by atoms with Crippen LogP contribution in [0.1, 0.15) is 12.8 Å². The Morgan fingerprint density at radius 2 is 2.20 bits per heavy atom. The van der Waals surface area contributed by atoms with Crippen molar-refractivity contribution in [2.24, 2.45) is 11.8 Å². The SMILES string of the molecule is [CH2][C@H]1CO[C@H]2OCCC[C@H]21. The van der Waals surface area contributed by atoms with Gasteiger partial charge in [-0.1, -0.05) is 0 Å². The van der Waals surface area contributed by atoms with Crippen molar-refractivity contribution in [2.45, 2.75) is 19.1 Å². The lowest BCUT2D eigenvalue weighted by molar-refractivity contribution is -0.151. The molecule has 2 nitrogen and oxygen atoms in total. The minimum absolute atomic E-state index is 0.0799. The van der Waals surface area contributed by atoms with Crippen molar-refractivity contribution in [3.63, 3.8) is 0 Å². The summed E-state index contributed by atoms with van der Waals surface area (Å²) in [5.41, 5.74) is 0. The molecule has 2 heterocycles. The highest BCUT2D eigenvalue weighted by Gasteiger charge is 2.36. The van der Waals surface area contributed by atoms with Crippen LogP contribution in [0.5, 0.6) is 0 Å².